The fraction of sp³-hybridized carbons (Fsp3) is 0.667. The van der Waals surface area contributed by atoms with E-state index in [9.17, 15) is 0 Å². The minimum absolute atomic E-state index is 0.0714. The summed E-state index contributed by atoms with van der Waals surface area (Å²) in [6.45, 7) is 11.4. The van der Waals surface area contributed by atoms with Crippen LogP contribution in [0.2, 0.25) is 0 Å². The molecule has 27 heavy (non-hydrogen) atoms. The van der Waals surface area contributed by atoms with Crippen molar-refractivity contribution in [3.63, 3.8) is 0 Å². The van der Waals surface area contributed by atoms with E-state index >= 15 is 0 Å². The number of hydrogen-bond acceptors (Lipinski definition) is 4. The number of guanidine groups is 1. The van der Waals surface area contributed by atoms with Crippen LogP contribution in [0, 0.1) is 0 Å². The zero-order valence-electron chi connectivity index (χ0n) is 17.2. The maximum absolute atomic E-state index is 5.73. The Labute approximate surface area is 164 Å². The van der Waals surface area contributed by atoms with Gasteiger partial charge >= 0.3 is 0 Å². The first-order valence-corrected chi connectivity index (χ1v) is 10.0. The Kier molecular flexibility index (Phi) is 9.59. The molecule has 1 aliphatic heterocycles. The van der Waals surface area contributed by atoms with Gasteiger partial charge in [-0.2, -0.15) is 0 Å². The van der Waals surface area contributed by atoms with E-state index in [2.05, 4.69) is 58.6 Å². The zero-order chi connectivity index (χ0) is 19.4. The maximum Gasteiger partial charge on any atom is 0.191 e. The predicted molar refractivity (Wildman–Crippen MR) is 111 cm³/mol. The van der Waals surface area contributed by atoms with Gasteiger partial charge in [-0.1, -0.05) is 30.3 Å². The van der Waals surface area contributed by atoms with Crippen molar-refractivity contribution in [2.75, 3.05) is 59.7 Å². The highest BCUT2D eigenvalue weighted by Gasteiger charge is 2.28. The number of nitrogens with zero attached hydrogens (tertiary/aromatic N) is 2. The summed E-state index contributed by atoms with van der Waals surface area (Å²) in [7, 11) is 1.81. The average molecular weight is 377 g/mol. The van der Waals surface area contributed by atoms with Gasteiger partial charge in [-0.3, -0.25) is 9.89 Å². The van der Waals surface area contributed by atoms with E-state index in [0.717, 1.165) is 71.4 Å². The summed E-state index contributed by atoms with van der Waals surface area (Å²) in [5, 5.41) is 6.82. The minimum Gasteiger partial charge on any atom is -0.381 e. The van der Waals surface area contributed by atoms with E-state index in [1.807, 2.05) is 13.1 Å². The molecule has 0 aromatic heterocycles. The van der Waals surface area contributed by atoms with Crippen molar-refractivity contribution in [3.05, 3.63) is 35.9 Å². The molecular weight excluding hydrogens is 340 g/mol. The Morgan fingerprint density at radius 2 is 1.89 bits per heavy atom. The highest BCUT2D eigenvalue weighted by Crippen LogP contribution is 2.14. The molecule has 1 fully saturated rings. The second kappa shape index (κ2) is 12.0. The fourth-order valence-corrected chi connectivity index (χ4v) is 3.12. The summed E-state index contributed by atoms with van der Waals surface area (Å²) >= 11 is 0. The molecule has 152 valence electrons. The second-order valence-electron chi connectivity index (χ2n) is 7.47. The van der Waals surface area contributed by atoms with Gasteiger partial charge in [0, 0.05) is 45.4 Å². The van der Waals surface area contributed by atoms with Gasteiger partial charge in [-0.15, -0.1) is 0 Å². The number of nitrogens with one attached hydrogen (secondary N) is 2. The summed E-state index contributed by atoms with van der Waals surface area (Å²) < 4.78 is 11.2. The molecule has 2 rings (SSSR count). The number of benzene rings is 1. The number of hydrogen-bond donors (Lipinski definition) is 2. The molecule has 0 unspecified atom stereocenters. The van der Waals surface area contributed by atoms with Crippen molar-refractivity contribution in [3.8, 4) is 0 Å². The Bertz CT molecular complexity index is 542. The molecule has 1 saturated heterocycles. The molecule has 0 atom stereocenters. The molecule has 0 spiro atoms. The molecule has 0 amide bonds. The lowest BCUT2D eigenvalue weighted by molar-refractivity contribution is -0.00834. The molecule has 0 aliphatic carbocycles. The number of ether oxygens (including phenoxy) is 2. The molecule has 1 aromatic carbocycles. The molecule has 6 heteroatoms. The Hall–Kier alpha value is -1.63. The van der Waals surface area contributed by atoms with Crippen molar-refractivity contribution in [1.29, 1.82) is 0 Å². The Morgan fingerprint density at radius 3 is 2.59 bits per heavy atom. The topological polar surface area (TPSA) is 58.1 Å². The number of morpholine rings is 1. The Balaban J connectivity index is 1.54. The third-order valence-electron chi connectivity index (χ3n) is 4.91. The van der Waals surface area contributed by atoms with Crippen LogP contribution in [0.15, 0.2) is 35.3 Å². The van der Waals surface area contributed by atoms with E-state index in [1.54, 1.807) is 0 Å². The van der Waals surface area contributed by atoms with Gasteiger partial charge in [0.1, 0.15) is 0 Å². The SMILES string of the molecule is CN=C(NCCCOCCc1ccccc1)NCC(C)(C)N1CCOCC1. The van der Waals surface area contributed by atoms with Gasteiger partial charge in [-0.25, -0.2) is 0 Å². The molecule has 6 nitrogen and oxygen atoms in total. The molecule has 0 saturated carbocycles. The van der Waals surface area contributed by atoms with Crippen LogP contribution in [0.5, 0.6) is 0 Å². The summed E-state index contributed by atoms with van der Waals surface area (Å²) in [6, 6.07) is 10.5. The monoisotopic (exact) mass is 376 g/mol. The van der Waals surface area contributed by atoms with Crippen molar-refractivity contribution < 1.29 is 9.47 Å². The normalized spacial score (nSPS) is 16.3. The van der Waals surface area contributed by atoms with Crippen LogP contribution in [0.4, 0.5) is 0 Å². The van der Waals surface area contributed by atoms with Crippen LogP contribution < -0.4 is 10.6 Å². The highest BCUT2D eigenvalue weighted by atomic mass is 16.5. The zero-order valence-corrected chi connectivity index (χ0v) is 17.2. The second-order valence-corrected chi connectivity index (χ2v) is 7.47. The van der Waals surface area contributed by atoms with Crippen LogP contribution in [0.1, 0.15) is 25.8 Å². The molecule has 0 radical (unpaired) electrons. The molecule has 1 heterocycles. The quantitative estimate of drug-likeness (QED) is 0.371. The van der Waals surface area contributed by atoms with Crippen molar-refractivity contribution >= 4 is 5.96 Å². The Morgan fingerprint density at radius 1 is 1.15 bits per heavy atom. The van der Waals surface area contributed by atoms with Crippen molar-refractivity contribution in [2.45, 2.75) is 32.2 Å². The van der Waals surface area contributed by atoms with Gasteiger partial charge in [0.2, 0.25) is 0 Å². The molecular formula is C21H36N4O2. The third kappa shape index (κ3) is 8.28. The molecule has 1 aliphatic rings. The van der Waals surface area contributed by atoms with Gasteiger partial charge in [0.05, 0.1) is 19.8 Å². The van der Waals surface area contributed by atoms with Crippen molar-refractivity contribution in [1.82, 2.24) is 15.5 Å². The lowest BCUT2D eigenvalue weighted by Crippen LogP contribution is -2.56. The molecule has 2 N–H and O–H groups in total. The number of rotatable bonds is 10. The minimum atomic E-state index is 0.0714. The van der Waals surface area contributed by atoms with E-state index in [-0.39, 0.29) is 5.54 Å². The van der Waals surface area contributed by atoms with E-state index < -0.39 is 0 Å². The largest absolute Gasteiger partial charge is 0.381 e. The van der Waals surface area contributed by atoms with Gasteiger partial charge < -0.3 is 20.1 Å². The summed E-state index contributed by atoms with van der Waals surface area (Å²) in [6.07, 6.45) is 1.93. The van der Waals surface area contributed by atoms with Crippen LogP contribution in [0.3, 0.4) is 0 Å². The summed E-state index contributed by atoms with van der Waals surface area (Å²) in [5.74, 6) is 0.848. The first-order valence-electron chi connectivity index (χ1n) is 10.0. The standard InChI is InChI=1S/C21H36N4O2/c1-21(2,25-12-16-27-17-13-25)18-24-20(22-3)23-11-7-14-26-15-10-19-8-5-4-6-9-19/h4-6,8-9H,7,10-18H2,1-3H3,(H2,22,23,24). The van der Waals surface area contributed by atoms with Gasteiger partial charge in [0.25, 0.3) is 0 Å². The fourth-order valence-electron chi connectivity index (χ4n) is 3.12. The average Bonchev–Trinajstić information content (AvgIpc) is 2.71. The smallest absolute Gasteiger partial charge is 0.191 e. The lowest BCUT2D eigenvalue weighted by atomic mass is 10.0. The first-order chi connectivity index (χ1) is 13.1. The van der Waals surface area contributed by atoms with Crippen LogP contribution in [-0.2, 0) is 15.9 Å². The van der Waals surface area contributed by atoms with Gasteiger partial charge in [-0.05, 0) is 32.3 Å². The van der Waals surface area contributed by atoms with Gasteiger partial charge in [0.15, 0.2) is 5.96 Å². The summed E-state index contributed by atoms with van der Waals surface area (Å²) in [5.41, 5.74) is 1.39. The van der Waals surface area contributed by atoms with Crippen LogP contribution >= 0.6 is 0 Å². The predicted octanol–water partition coefficient (Wildman–Crippen LogP) is 1.91. The maximum atomic E-state index is 5.73. The molecule has 1 aromatic rings. The third-order valence-corrected chi connectivity index (χ3v) is 4.91. The lowest BCUT2D eigenvalue weighted by Gasteiger charge is -2.41. The van der Waals surface area contributed by atoms with E-state index in [4.69, 9.17) is 9.47 Å². The van der Waals surface area contributed by atoms with Crippen LogP contribution in [-0.4, -0.2) is 76.1 Å². The summed E-state index contributed by atoms with van der Waals surface area (Å²) in [4.78, 5) is 6.79. The van der Waals surface area contributed by atoms with Crippen LogP contribution in [0.25, 0.3) is 0 Å². The molecule has 0 bridgehead atoms. The van der Waals surface area contributed by atoms with E-state index in [0.29, 0.717) is 0 Å². The van der Waals surface area contributed by atoms with Crippen molar-refractivity contribution in [2.24, 2.45) is 4.99 Å². The first kappa shape index (κ1) is 21.7. The van der Waals surface area contributed by atoms with E-state index in [1.165, 1.54) is 5.56 Å². The number of aliphatic imine (C=N–C) groups is 1. The highest BCUT2D eigenvalue weighted by molar-refractivity contribution is 5.79.